The van der Waals surface area contributed by atoms with Crippen molar-refractivity contribution in [2.24, 2.45) is 11.1 Å². The number of urea groups is 1. The van der Waals surface area contributed by atoms with Gasteiger partial charge in [0, 0.05) is 45.3 Å². The minimum atomic E-state index is -0.529. The Balaban J connectivity index is 1.68. The number of nitrogens with two attached hydrogens (primary N) is 1. The zero-order valence-electron chi connectivity index (χ0n) is 19.9. The zero-order valence-corrected chi connectivity index (χ0v) is 19.9. The molecule has 33 heavy (non-hydrogen) atoms. The lowest BCUT2D eigenvalue weighted by Crippen LogP contribution is -2.38. The Kier molecular flexibility index (Phi) is 5.67. The lowest BCUT2D eigenvalue weighted by atomic mass is 9.75. The van der Waals surface area contributed by atoms with Crippen molar-refractivity contribution in [2.75, 3.05) is 32.5 Å². The third-order valence-electron chi connectivity index (χ3n) is 6.43. The van der Waals surface area contributed by atoms with Crippen LogP contribution in [-0.4, -0.2) is 70.5 Å². The maximum absolute atomic E-state index is 12.8. The van der Waals surface area contributed by atoms with Crippen molar-refractivity contribution in [1.82, 2.24) is 19.6 Å². The van der Waals surface area contributed by atoms with Crippen LogP contribution in [0.5, 0.6) is 0 Å². The van der Waals surface area contributed by atoms with Crippen LogP contribution < -0.4 is 11.1 Å². The maximum Gasteiger partial charge on any atom is 0.319 e. The third-order valence-corrected chi connectivity index (χ3v) is 6.43. The van der Waals surface area contributed by atoms with Gasteiger partial charge < -0.3 is 20.9 Å². The first-order chi connectivity index (χ1) is 15.5. The zero-order chi connectivity index (χ0) is 24.1. The number of anilines is 1. The van der Waals surface area contributed by atoms with Gasteiger partial charge in [-0.1, -0.05) is 13.8 Å². The van der Waals surface area contributed by atoms with Crippen molar-refractivity contribution in [3.05, 3.63) is 40.7 Å². The Labute approximate surface area is 193 Å². The number of Topliss-reactive ketones (excluding diaryl/α,β-unsaturated/α-hetero) is 1. The lowest BCUT2D eigenvalue weighted by Gasteiger charge is -2.29. The molecule has 9 heteroatoms. The number of aromatic nitrogens is 2. The monoisotopic (exact) mass is 452 g/mol. The molecule has 2 aromatic rings. The molecule has 1 atom stereocenters. The van der Waals surface area contributed by atoms with Crippen molar-refractivity contribution in [1.29, 1.82) is 0 Å². The Morgan fingerprint density at radius 3 is 2.64 bits per heavy atom. The second-order valence-corrected chi connectivity index (χ2v) is 10.1. The first-order valence-electron chi connectivity index (χ1n) is 11.3. The molecule has 2 aliphatic rings. The van der Waals surface area contributed by atoms with Crippen molar-refractivity contribution in [2.45, 2.75) is 46.1 Å². The summed E-state index contributed by atoms with van der Waals surface area (Å²) in [5, 5.41) is 8.09. The van der Waals surface area contributed by atoms with Crippen LogP contribution in [0.2, 0.25) is 0 Å². The predicted octanol–water partition coefficient (Wildman–Crippen LogP) is 2.60. The van der Waals surface area contributed by atoms with Crippen molar-refractivity contribution in [3.63, 3.8) is 0 Å². The van der Waals surface area contributed by atoms with Crippen LogP contribution >= 0.6 is 0 Å². The van der Waals surface area contributed by atoms with Crippen LogP contribution in [-0.2, 0) is 6.42 Å². The summed E-state index contributed by atoms with van der Waals surface area (Å²) in [6.45, 7) is 7.22. The lowest BCUT2D eigenvalue weighted by molar-refractivity contribution is 0.0909. The molecule has 1 aromatic carbocycles. The average molecular weight is 453 g/mol. The van der Waals surface area contributed by atoms with E-state index in [2.05, 4.69) is 24.3 Å². The van der Waals surface area contributed by atoms with E-state index in [1.807, 2.05) is 17.7 Å². The van der Waals surface area contributed by atoms with Gasteiger partial charge in [-0.15, -0.1) is 0 Å². The number of nitrogens with one attached hydrogen (secondary N) is 1. The summed E-state index contributed by atoms with van der Waals surface area (Å²) in [5.74, 6) is -0.410. The highest BCUT2D eigenvalue weighted by molar-refractivity contribution is 6.00. The molecule has 3 N–H and O–H groups in total. The third kappa shape index (κ3) is 4.31. The molecule has 1 fully saturated rings. The van der Waals surface area contributed by atoms with E-state index < -0.39 is 5.91 Å². The number of carbonyl (C=O) groups excluding carboxylic acids is 3. The molecule has 4 rings (SSSR count). The molecule has 0 saturated carbocycles. The van der Waals surface area contributed by atoms with Gasteiger partial charge >= 0.3 is 6.03 Å². The number of primary amides is 1. The van der Waals surface area contributed by atoms with Gasteiger partial charge in [0.05, 0.1) is 28.2 Å². The summed E-state index contributed by atoms with van der Waals surface area (Å²) in [7, 11) is 3.47. The molecule has 0 bridgehead atoms. The molecule has 1 aromatic heterocycles. The first-order valence-corrected chi connectivity index (χ1v) is 11.3. The molecule has 1 aliphatic carbocycles. The number of nitrogens with zero attached hydrogens (tertiary/aromatic N) is 4. The first kappa shape index (κ1) is 22.8. The summed E-state index contributed by atoms with van der Waals surface area (Å²) in [6.07, 6.45) is 2.00. The van der Waals surface area contributed by atoms with E-state index in [1.54, 1.807) is 36.0 Å². The summed E-state index contributed by atoms with van der Waals surface area (Å²) >= 11 is 0. The largest absolute Gasteiger partial charge is 0.380 e. The molecule has 0 unspecified atom stereocenters. The van der Waals surface area contributed by atoms with Gasteiger partial charge in [0.15, 0.2) is 5.78 Å². The highest BCUT2D eigenvalue weighted by Gasteiger charge is 2.36. The molecule has 1 aliphatic heterocycles. The Hall–Kier alpha value is -3.36. The Morgan fingerprint density at radius 2 is 1.97 bits per heavy atom. The van der Waals surface area contributed by atoms with Crippen molar-refractivity contribution < 1.29 is 14.4 Å². The van der Waals surface area contributed by atoms with Crippen LogP contribution in [0.25, 0.3) is 5.69 Å². The number of hydrogen-bond acceptors (Lipinski definition) is 5. The molecule has 0 spiro atoms. The van der Waals surface area contributed by atoms with Crippen LogP contribution in [0, 0.1) is 12.3 Å². The van der Waals surface area contributed by atoms with Crippen molar-refractivity contribution >= 4 is 23.4 Å². The highest BCUT2D eigenvalue weighted by atomic mass is 16.2. The van der Waals surface area contributed by atoms with Gasteiger partial charge in [-0.3, -0.25) is 9.59 Å². The van der Waals surface area contributed by atoms with Crippen LogP contribution in [0.1, 0.15) is 58.8 Å². The van der Waals surface area contributed by atoms with E-state index in [-0.39, 0.29) is 23.3 Å². The fourth-order valence-corrected chi connectivity index (χ4v) is 4.91. The van der Waals surface area contributed by atoms with Crippen LogP contribution in [0.4, 0.5) is 10.5 Å². The topological polar surface area (TPSA) is 114 Å². The molecular formula is C24H32N6O3. The normalized spacial score (nSPS) is 19.4. The Bertz CT molecular complexity index is 1130. The van der Waals surface area contributed by atoms with E-state index >= 15 is 0 Å². The molecule has 0 radical (unpaired) electrons. The minimum Gasteiger partial charge on any atom is -0.380 e. The second kappa shape index (κ2) is 8.20. The number of aryl methyl sites for hydroxylation is 1. The van der Waals surface area contributed by atoms with E-state index in [0.717, 1.165) is 24.2 Å². The highest BCUT2D eigenvalue weighted by Crippen LogP contribution is 2.37. The van der Waals surface area contributed by atoms with E-state index in [4.69, 9.17) is 5.73 Å². The van der Waals surface area contributed by atoms with Gasteiger partial charge in [-0.25, -0.2) is 9.48 Å². The van der Waals surface area contributed by atoms with E-state index in [0.29, 0.717) is 42.0 Å². The van der Waals surface area contributed by atoms with E-state index in [1.165, 1.54) is 0 Å². The molecule has 1 saturated heterocycles. The second-order valence-electron chi connectivity index (χ2n) is 10.1. The SMILES string of the molecule is Cc1nn(-c2ccc(C(N)=O)c(N[C@@H]3CCN(C(=O)N(C)C)C3)c2)c2c1C(=O)CC(C)(C)C2. The average Bonchev–Trinajstić information content (AvgIpc) is 3.30. The number of amides is 3. The minimum absolute atomic E-state index is 0.00367. The molecule has 9 nitrogen and oxygen atoms in total. The predicted molar refractivity (Wildman–Crippen MR) is 126 cm³/mol. The fourth-order valence-electron chi connectivity index (χ4n) is 4.91. The number of fused-ring (bicyclic) bond motifs is 1. The van der Waals surface area contributed by atoms with Gasteiger partial charge in [0.25, 0.3) is 5.91 Å². The van der Waals surface area contributed by atoms with Gasteiger partial charge in [-0.05, 0) is 43.4 Å². The van der Waals surface area contributed by atoms with Crippen LogP contribution in [0.15, 0.2) is 18.2 Å². The summed E-state index contributed by atoms with van der Waals surface area (Å²) < 4.78 is 1.82. The number of benzene rings is 1. The molecule has 3 amide bonds. The standard InChI is InChI=1S/C24H32N6O3/c1-14-21-19(11-24(2,3)12-20(21)31)30(27-14)16-6-7-17(22(25)32)18(10-16)26-15-8-9-29(13-15)23(33)28(4)5/h6-7,10,15,26H,8-9,11-13H2,1-5H3,(H2,25,32)/t15-/m1/s1. The number of hydrogen-bond donors (Lipinski definition) is 2. The quantitative estimate of drug-likeness (QED) is 0.740. The number of likely N-dealkylation sites (tertiary alicyclic amines) is 1. The molecule has 2 heterocycles. The fraction of sp³-hybridized carbons (Fsp3) is 0.500. The number of ketones is 1. The summed E-state index contributed by atoms with van der Waals surface area (Å²) in [5.41, 5.74) is 9.56. The van der Waals surface area contributed by atoms with Gasteiger partial charge in [-0.2, -0.15) is 5.10 Å². The van der Waals surface area contributed by atoms with Gasteiger partial charge in [0.1, 0.15) is 0 Å². The summed E-state index contributed by atoms with van der Waals surface area (Å²) in [4.78, 5) is 40.5. The summed E-state index contributed by atoms with van der Waals surface area (Å²) in [6, 6.07) is 5.32. The molecule has 176 valence electrons. The van der Waals surface area contributed by atoms with Crippen LogP contribution in [0.3, 0.4) is 0 Å². The molecular weight excluding hydrogens is 420 g/mol. The maximum atomic E-state index is 12.8. The van der Waals surface area contributed by atoms with Gasteiger partial charge in [0.2, 0.25) is 0 Å². The van der Waals surface area contributed by atoms with E-state index in [9.17, 15) is 14.4 Å². The van der Waals surface area contributed by atoms with Crippen molar-refractivity contribution in [3.8, 4) is 5.69 Å². The number of carbonyl (C=O) groups is 3. The Morgan fingerprint density at radius 1 is 1.24 bits per heavy atom. The smallest absolute Gasteiger partial charge is 0.319 e. The number of rotatable bonds is 4.